The Balaban J connectivity index is 1.92. The first-order valence-electron chi connectivity index (χ1n) is 6.75. The lowest BCUT2D eigenvalue weighted by Gasteiger charge is -2.48. The van der Waals surface area contributed by atoms with Crippen molar-refractivity contribution < 1.29 is 14.6 Å². The van der Waals surface area contributed by atoms with Gasteiger partial charge in [0.1, 0.15) is 6.10 Å². The summed E-state index contributed by atoms with van der Waals surface area (Å²) in [5, 5.41) is 9.51. The number of aliphatic hydroxyl groups excluding tert-OH is 1. The number of aliphatic hydroxyl groups is 1. The summed E-state index contributed by atoms with van der Waals surface area (Å²) in [6, 6.07) is 0. The quantitative estimate of drug-likeness (QED) is 0.439. The van der Waals surface area contributed by atoms with Crippen LogP contribution < -0.4 is 0 Å². The van der Waals surface area contributed by atoms with Gasteiger partial charge in [-0.05, 0) is 42.6 Å². The van der Waals surface area contributed by atoms with Gasteiger partial charge in [-0.3, -0.25) is 0 Å². The van der Waals surface area contributed by atoms with Gasteiger partial charge in [-0.2, -0.15) is 0 Å². The third-order valence-corrected chi connectivity index (χ3v) is 5.17. The van der Waals surface area contributed by atoms with Crippen LogP contribution >= 0.6 is 0 Å². The highest BCUT2D eigenvalue weighted by Crippen LogP contribution is 2.55. The first-order valence-corrected chi connectivity index (χ1v) is 6.75. The molecule has 3 heteroatoms. The maximum atomic E-state index is 11.6. The molecule has 0 amide bonds. The fourth-order valence-corrected chi connectivity index (χ4v) is 4.07. The van der Waals surface area contributed by atoms with Crippen molar-refractivity contribution in [3.8, 4) is 0 Å². The molecule has 2 aliphatic carbocycles. The maximum Gasteiger partial charge on any atom is 0.334 e. The number of hydrogen-bond donors (Lipinski definition) is 1. The van der Waals surface area contributed by atoms with E-state index in [9.17, 15) is 9.90 Å². The molecule has 1 saturated carbocycles. The van der Waals surface area contributed by atoms with E-state index in [0.717, 1.165) is 31.3 Å². The average molecular weight is 248 g/mol. The highest BCUT2D eigenvalue weighted by molar-refractivity contribution is 5.90. The molecular weight excluding hydrogens is 228 g/mol. The Bertz CT molecular complexity index is 437. The second-order valence-electron chi connectivity index (χ2n) is 6.20. The zero-order chi connectivity index (χ0) is 12.9. The van der Waals surface area contributed by atoms with Crippen molar-refractivity contribution in [2.24, 2.45) is 17.3 Å². The Morgan fingerprint density at radius 3 is 3.11 bits per heavy atom. The van der Waals surface area contributed by atoms with Crippen LogP contribution in [0, 0.1) is 17.3 Å². The molecule has 1 N–H and O–H groups in total. The van der Waals surface area contributed by atoms with Crippen molar-refractivity contribution in [1.82, 2.24) is 0 Å². The van der Waals surface area contributed by atoms with Gasteiger partial charge in [0.15, 0.2) is 0 Å². The first kappa shape index (κ1) is 12.0. The number of ether oxygens (including phenoxy) is 1. The molecule has 1 heterocycles. The van der Waals surface area contributed by atoms with Crippen LogP contribution in [0.2, 0.25) is 0 Å². The highest BCUT2D eigenvalue weighted by Gasteiger charge is 2.52. The molecule has 18 heavy (non-hydrogen) atoms. The summed E-state index contributed by atoms with van der Waals surface area (Å²) in [5.74, 6) is 0.314. The van der Waals surface area contributed by atoms with Crippen LogP contribution in [0.25, 0.3) is 0 Å². The molecule has 0 aromatic heterocycles. The van der Waals surface area contributed by atoms with Gasteiger partial charge in [-0.15, -0.1) is 0 Å². The number of hydrogen-bond acceptors (Lipinski definition) is 3. The largest absolute Gasteiger partial charge is 0.458 e. The molecule has 0 spiro atoms. The van der Waals surface area contributed by atoms with E-state index < -0.39 is 0 Å². The van der Waals surface area contributed by atoms with E-state index >= 15 is 0 Å². The third-order valence-electron chi connectivity index (χ3n) is 5.17. The molecule has 0 radical (unpaired) electrons. The molecule has 0 aromatic carbocycles. The van der Waals surface area contributed by atoms with Crippen LogP contribution in [0.3, 0.4) is 0 Å². The van der Waals surface area contributed by atoms with Gasteiger partial charge in [0.25, 0.3) is 0 Å². The summed E-state index contributed by atoms with van der Waals surface area (Å²) in [5.41, 5.74) is 1.94. The topological polar surface area (TPSA) is 46.5 Å². The normalized spacial score (nSPS) is 43.0. The molecule has 0 bridgehead atoms. The van der Waals surface area contributed by atoms with Crippen LogP contribution in [0.15, 0.2) is 23.8 Å². The van der Waals surface area contributed by atoms with Gasteiger partial charge in [0.2, 0.25) is 0 Å². The molecule has 1 aliphatic heterocycles. The fourth-order valence-electron chi connectivity index (χ4n) is 4.07. The van der Waals surface area contributed by atoms with Crippen molar-refractivity contribution in [2.45, 2.75) is 38.7 Å². The average Bonchev–Trinajstić information content (AvgIpc) is 2.60. The minimum absolute atomic E-state index is 0.0179. The summed E-state index contributed by atoms with van der Waals surface area (Å²) < 4.78 is 5.44. The van der Waals surface area contributed by atoms with E-state index in [1.807, 2.05) is 0 Å². The lowest BCUT2D eigenvalue weighted by atomic mass is 9.57. The van der Waals surface area contributed by atoms with Gasteiger partial charge < -0.3 is 9.84 Å². The zero-order valence-corrected chi connectivity index (χ0v) is 10.8. The smallest absolute Gasteiger partial charge is 0.334 e. The van der Waals surface area contributed by atoms with Gasteiger partial charge in [-0.25, -0.2) is 4.79 Å². The molecule has 4 atom stereocenters. The molecule has 0 aromatic rings. The number of carbonyl (C=O) groups excluding carboxylic acids is 1. The van der Waals surface area contributed by atoms with Crippen molar-refractivity contribution in [2.75, 3.05) is 6.61 Å². The van der Waals surface area contributed by atoms with Gasteiger partial charge >= 0.3 is 5.97 Å². The Morgan fingerprint density at radius 1 is 1.61 bits per heavy atom. The predicted octanol–water partition coefficient (Wildman–Crippen LogP) is 2.21. The van der Waals surface area contributed by atoms with Crippen LogP contribution in [-0.2, 0) is 9.53 Å². The molecule has 0 unspecified atom stereocenters. The first-order chi connectivity index (χ1) is 8.55. The summed E-state index contributed by atoms with van der Waals surface area (Å²) >= 11 is 0. The minimum atomic E-state index is -0.221. The van der Waals surface area contributed by atoms with E-state index in [4.69, 9.17) is 4.74 Å². The van der Waals surface area contributed by atoms with Crippen molar-refractivity contribution in [3.05, 3.63) is 23.8 Å². The van der Waals surface area contributed by atoms with Crippen LogP contribution in [0.4, 0.5) is 0 Å². The zero-order valence-electron chi connectivity index (χ0n) is 10.8. The molecule has 2 fully saturated rings. The van der Waals surface area contributed by atoms with Crippen LogP contribution in [0.1, 0.15) is 32.6 Å². The number of esters is 1. The molecule has 3 aliphatic rings. The highest BCUT2D eigenvalue weighted by atomic mass is 16.6. The maximum absolute atomic E-state index is 11.6. The van der Waals surface area contributed by atoms with Gasteiger partial charge in [-0.1, -0.05) is 19.6 Å². The predicted molar refractivity (Wildman–Crippen MR) is 67.7 cm³/mol. The van der Waals surface area contributed by atoms with E-state index in [1.165, 1.54) is 0 Å². The summed E-state index contributed by atoms with van der Waals surface area (Å²) in [6.07, 6.45) is 6.14. The SMILES string of the molecule is C=C1C(=O)O[C@@H]2C[C@@]3(C)CCC=C(CO)[C@H]3C[C@H]12. The minimum Gasteiger partial charge on any atom is -0.458 e. The van der Waals surface area contributed by atoms with Gasteiger partial charge in [0, 0.05) is 11.5 Å². The van der Waals surface area contributed by atoms with Gasteiger partial charge in [0.05, 0.1) is 6.61 Å². The lowest BCUT2D eigenvalue weighted by Crippen LogP contribution is -2.43. The number of allylic oxidation sites excluding steroid dienone is 1. The molecule has 3 rings (SSSR count). The summed E-state index contributed by atoms with van der Waals surface area (Å²) in [4.78, 5) is 11.6. The van der Waals surface area contributed by atoms with E-state index in [1.54, 1.807) is 0 Å². The number of fused-ring (bicyclic) bond motifs is 2. The summed E-state index contributed by atoms with van der Waals surface area (Å²) in [7, 11) is 0. The van der Waals surface area contributed by atoms with E-state index in [0.29, 0.717) is 11.5 Å². The third kappa shape index (κ3) is 1.57. The molecule has 3 nitrogen and oxygen atoms in total. The van der Waals surface area contributed by atoms with Crippen LogP contribution in [0.5, 0.6) is 0 Å². The van der Waals surface area contributed by atoms with E-state index in [-0.39, 0.29) is 30.0 Å². The Morgan fingerprint density at radius 2 is 2.39 bits per heavy atom. The fraction of sp³-hybridized carbons (Fsp3) is 0.667. The Kier molecular flexibility index (Phi) is 2.63. The summed E-state index contributed by atoms with van der Waals surface area (Å²) in [6.45, 7) is 6.28. The lowest BCUT2D eigenvalue weighted by molar-refractivity contribution is -0.142. The molecule has 1 saturated heterocycles. The monoisotopic (exact) mass is 248 g/mol. The van der Waals surface area contributed by atoms with E-state index in [2.05, 4.69) is 19.6 Å². The Hall–Kier alpha value is -1.09. The van der Waals surface area contributed by atoms with Crippen molar-refractivity contribution >= 4 is 5.97 Å². The number of rotatable bonds is 1. The van der Waals surface area contributed by atoms with Crippen LogP contribution in [-0.4, -0.2) is 23.8 Å². The second kappa shape index (κ2) is 3.95. The molecular formula is C15H20O3. The number of carbonyl (C=O) groups is 1. The van der Waals surface area contributed by atoms with Crippen molar-refractivity contribution in [1.29, 1.82) is 0 Å². The molecule has 98 valence electrons. The second-order valence-corrected chi connectivity index (χ2v) is 6.20. The Labute approximate surface area is 108 Å². The van der Waals surface area contributed by atoms with Crippen molar-refractivity contribution in [3.63, 3.8) is 0 Å². The standard InChI is InChI=1S/C15H20O3/c1-9-11-6-12-10(8-16)4-3-5-15(12,2)7-13(11)18-14(9)17/h4,11-13,16H,1,3,5-8H2,2H3/t11-,12-,13-,15-/m1/s1.